The van der Waals surface area contributed by atoms with Gasteiger partial charge in [0.1, 0.15) is 17.2 Å². The van der Waals surface area contributed by atoms with Crippen molar-refractivity contribution in [1.29, 1.82) is 0 Å². The summed E-state index contributed by atoms with van der Waals surface area (Å²) in [5, 5.41) is 2.94. The minimum absolute atomic E-state index is 0.258. The summed E-state index contributed by atoms with van der Waals surface area (Å²) in [5.41, 5.74) is 4.11. The number of amides is 2. The normalized spacial score (nSPS) is 17.0. The van der Waals surface area contributed by atoms with E-state index >= 15 is 0 Å². The van der Waals surface area contributed by atoms with Crippen LogP contribution in [0.25, 0.3) is 11.0 Å². The number of hydrogen-bond acceptors (Lipinski definition) is 5. The summed E-state index contributed by atoms with van der Waals surface area (Å²) >= 11 is 0. The van der Waals surface area contributed by atoms with Crippen LogP contribution in [0.5, 0.6) is 0 Å². The molecule has 7 nitrogen and oxygen atoms in total. The number of pyridine rings is 2. The van der Waals surface area contributed by atoms with Crippen molar-refractivity contribution < 1.29 is 14.3 Å². The van der Waals surface area contributed by atoms with Crippen LogP contribution < -0.4 is 10.2 Å². The summed E-state index contributed by atoms with van der Waals surface area (Å²) in [5.74, 6) is -0.258. The molecule has 2 amide bonds. The Morgan fingerprint density at radius 2 is 1.79 bits per heavy atom. The van der Waals surface area contributed by atoms with E-state index in [1.807, 2.05) is 63.2 Å². The number of cyclic esters (lactones) is 1. The van der Waals surface area contributed by atoms with Crippen molar-refractivity contribution in [3.63, 3.8) is 0 Å². The third kappa shape index (κ3) is 3.75. The van der Waals surface area contributed by atoms with Gasteiger partial charge in [0, 0.05) is 23.6 Å². The fourth-order valence-electron chi connectivity index (χ4n) is 4.51. The van der Waals surface area contributed by atoms with Gasteiger partial charge < -0.3 is 10.1 Å². The molecule has 170 valence electrons. The lowest BCUT2D eigenvalue weighted by Crippen LogP contribution is -2.33. The zero-order valence-electron chi connectivity index (χ0n) is 19.1. The molecule has 1 atom stereocenters. The molecule has 1 aliphatic heterocycles. The average molecular weight is 453 g/mol. The number of aromatic nitrogens is 2. The highest BCUT2D eigenvalue weighted by Gasteiger charge is 2.49. The molecule has 3 heterocycles. The summed E-state index contributed by atoms with van der Waals surface area (Å²) in [7, 11) is 0. The Morgan fingerprint density at radius 3 is 2.56 bits per heavy atom. The van der Waals surface area contributed by atoms with Crippen LogP contribution >= 0.6 is 0 Å². The largest absolute Gasteiger partial charge is 0.441 e. The monoisotopic (exact) mass is 452 g/mol. The van der Waals surface area contributed by atoms with Crippen LogP contribution in [-0.4, -0.2) is 27.6 Å². The fourth-order valence-corrected chi connectivity index (χ4v) is 4.51. The number of aryl methyl sites for hydroxylation is 1. The Morgan fingerprint density at radius 1 is 1.00 bits per heavy atom. The zero-order valence-corrected chi connectivity index (χ0v) is 19.1. The fraction of sp³-hybridized carbons (Fsp3) is 0.185. The molecule has 0 aliphatic carbocycles. The van der Waals surface area contributed by atoms with Crippen molar-refractivity contribution in [2.24, 2.45) is 0 Å². The Bertz CT molecular complexity index is 1400. The third-order valence-electron chi connectivity index (χ3n) is 6.06. The Kier molecular flexibility index (Phi) is 5.24. The first-order valence-corrected chi connectivity index (χ1v) is 11.0. The van der Waals surface area contributed by atoms with Crippen LogP contribution in [0.1, 0.15) is 41.4 Å². The van der Waals surface area contributed by atoms with E-state index in [2.05, 4.69) is 15.3 Å². The molecule has 4 aromatic rings. The molecule has 0 bridgehead atoms. The van der Waals surface area contributed by atoms with Crippen molar-refractivity contribution >= 4 is 34.4 Å². The van der Waals surface area contributed by atoms with Gasteiger partial charge >= 0.3 is 6.09 Å². The summed E-state index contributed by atoms with van der Waals surface area (Å²) in [6.45, 7) is 5.67. The minimum atomic E-state index is -0.711. The smallest absolute Gasteiger partial charge is 0.415 e. The number of hydrogen-bond donors (Lipinski definition) is 1. The van der Waals surface area contributed by atoms with E-state index in [0.29, 0.717) is 28.0 Å². The lowest BCUT2D eigenvalue weighted by molar-refractivity contribution is 0.0685. The molecule has 2 aromatic carbocycles. The zero-order chi connectivity index (χ0) is 23.9. The molecule has 0 radical (unpaired) electrons. The van der Waals surface area contributed by atoms with Crippen molar-refractivity contribution in [2.45, 2.75) is 32.4 Å². The van der Waals surface area contributed by atoms with Crippen molar-refractivity contribution in [3.8, 4) is 0 Å². The number of nitrogens with one attached hydrogen (secondary N) is 1. The van der Waals surface area contributed by atoms with Gasteiger partial charge in [0.15, 0.2) is 0 Å². The van der Waals surface area contributed by atoms with Crippen molar-refractivity contribution in [2.75, 3.05) is 10.2 Å². The molecule has 7 heteroatoms. The van der Waals surface area contributed by atoms with Gasteiger partial charge in [-0.25, -0.2) is 4.79 Å². The summed E-state index contributed by atoms with van der Waals surface area (Å²) in [4.78, 5) is 36.3. The number of rotatable bonds is 4. The van der Waals surface area contributed by atoms with Gasteiger partial charge in [0.05, 0.1) is 11.2 Å². The van der Waals surface area contributed by atoms with Gasteiger partial charge in [0.2, 0.25) is 0 Å². The van der Waals surface area contributed by atoms with E-state index in [1.54, 1.807) is 41.6 Å². The van der Waals surface area contributed by atoms with Crippen molar-refractivity contribution in [3.05, 3.63) is 95.8 Å². The number of anilines is 2. The number of carbonyl (C=O) groups excluding carboxylic acids is 2. The van der Waals surface area contributed by atoms with Gasteiger partial charge in [-0.05, 0) is 68.3 Å². The second kappa shape index (κ2) is 8.26. The van der Waals surface area contributed by atoms with Gasteiger partial charge in [-0.1, -0.05) is 30.3 Å². The second-order valence-electron chi connectivity index (χ2n) is 8.84. The number of nitrogens with zero attached hydrogens (tertiary/aromatic N) is 3. The first-order valence-electron chi connectivity index (χ1n) is 11.0. The molecule has 0 saturated carbocycles. The summed E-state index contributed by atoms with van der Waals surface area (Å²) in [6.07, 6.45) is 2.89. The van der Waals surface area contributed by atoms with E-state index in [9.17, 15) is 9.59 Å². The number of carbonyl (C=O) groups is 2. The highest BCUT2D eigenvalue weighted by molar-refractivity contribution is 6.09. The van der Waals surface area contributed by atoms with E-state index in [0.717, 1.165) is 11.1 Å². The molecule has 2 aromatic heterocycles. The Labute approximate surface area is 197 Å². The van der Waals surface area contributed by atoms with Crippen LogP contribution in [0, 0.1) is 6.92 Å². The molecule has 1 unspecified atom stereocenters. The molecular formula is C27H24N4O3. The first-order chi connectivity index (χ1) is 16.3. The molecule has 1 saturated heterocycles. The molecule has 0 spiro atoms. The average Bonchev–Trinajstić information content (AvgIpc) is 3.07. The third-order valence-corrected chi connectivity index (χ3v) is 6.06. The number of benzene rings is 2. The highest BCUT2D eigenvalue weighted by atomic mass is 16.6. The van der Waals surface area contributed by atoms with Gasteiger partial charge in [-0.2, -0.15) is 0 Å². The Hall–Kier alpha value is -4.26. The van der Waals surface area contributed by atoms with Crippen LogP contribution in [0.3, 0.4) is 0 Å². The molecule has 1 fully saturated rings. The number of ether oxygens (including phenoxy) is 1. The SMILES string of the molecule is Cc1cc(N2C(=O)OC(C)(C)C2c2ccccc2)ccc1C(=O)Nc1ccnc2cccnc12. The summed E-state index contributed by atoms with van der Waals surface area (Å²) in [6, 6.07) is 20.3. The summed E-state index contributed by atoms with van der Waals surface area (Å²) < 4.78 is 5.72. The van der Waals surface area contributed by atoms with Gasteiger partial charge in [0.25, 0.3) is 5.91 Å². The maximum Gasteiger partial charge on any atom is 0.415 e. The van der Waals surface area contributed by atoms with E-state index < -0.39 is 11.7 Å². The van der Waals surface area contributed by atoms with E-state index in [-0.39, 0.29) is 11.9 Å². The molecule has 34 heavy (non-hydrogen) atoms. The predicted octanol–water partition coefficient (Wildman–Crippen LogP) is 5.67. The van der Waals surface area contributed by atoms with Crippen LogP contribution in [0.2, 0.25) is 0 Å². The molecular weight excluding hydrogens is 428 g/mol. The Balaban J connectivity index is 1.46. The van der Waals surface area contributed by atoms with Crippen molar-refractivity contribution in [1.82, 2.24) is 9.97 Å². The van der Waals surface area contributed by atoms with Crippen LogP contribution in [-0.2, 0) is 4.74 Å². The molecule has 5 rings (SSSR count). The minimum Gasteiger partial charge on any atom is -0.441 e. The van der Waals surface area contributed by atoms with Gasteiger partial charge in [-0.15, -0.1) is 0 Å². The maximum atomic E-state index is 13.1. The van der Waals surface area contributed by atoms with E-state index in [4.69, 9.17) is 4.74 Å². The number of fused-ring (bicyclic) bond motifs is 1. The first kappa shape index (κ1) is 21.6. The van der Waals surface area contributed by atoms with E-state index in [1.165, 1.54) is 0 Å². The molecule has 1 N–H and O–H groups in total. The topological polar surface area (TPSA) is 84.4 Å². The van der Waals surface area contributed by atoms with Gasteiger partial charge in [-0.3, -0.25) is 19.7 Å². The predicted molar refractivity (Wildman–Crippen MR) is 131 cm³/mol. The lowest BCUT2D eigenvalue weighted by Gasteiger charge is -2.29. The molecule has 1 aliphatic rings. The second-order valence-corrected chi connectivity index (χ2v) is 8.84. The lowest BCUT2D eigenvalue weighted by atomic mass is 9.91. The highest BCUT2D eigenvalue weighted by Crippen LogP contribution is 2.44. The quantitative estimate of drug-likeness (QED) is 0.431. The standard InChI is InChI=1S/C27H24N4O3/c1-17-16-19(31-24(18-8-5-4-6-9-18)27(2,3)34-26(31)33)11-12-20(17)25(32)30-22-13-15-28-21-10-7-14-29-23(21)22/h4-16,24H,1-3H3,(H,28,30,32). The maximum absolute atomic E-state index is 13.1. The van der Waals surface area contributed by atoms with Crippen LogP contribution in [0.15, 0.2) is 79.1 Å². The van der Waals surface area contributed by atoms with Crippen LogP contribution in [0.4, 0.5) is 16.2 Å².